The predicted molar refractivity (Wildman–Crippen MR) is 135 cm³/mol. The number of phenolic OH excluding ortho intramolecular Hbond substituents is 1. The van der Waals surface area contributed by atoms with E-state index in [-0.39, 0.29) is 35.1 Å². The fourth-order valence-electron chi connectivity index (χ4n) is 6.06. The van der Waals surface area contributed by atoms with Crippen molar-refractivity contribution in [1.29, 1.82) is 0 Å². The number of hydrogen-bond acceptors (Lipinski definition) is 8. The summed E-state index contributed by atoms with van der Waals surface area (Å²) in [5, 5.41) is 23.0. The largest absolute Gasteiger partial charge is 0.507 e. The Morgan fingerprint density at radius 1 is 1.08 bits per heavy atom. The SMILES string of the molecule is COc1ncc(-c2ccc(-c3ncc(N(C4CC4)[C@@H]4C[C@@]5(C)CC[C@](C)(N5)[C@@H]4F)nn3)c(O)c2)cc1F. The van der Waals surface area contributed by atoms with Crippen LogP contribution in [-0.2, 0) is 0 Å². The number of alkyl halides is 1. The number of nitrogens with one attached hydrogen (secondary N) is 1. The molecule has 0 radical (unpaired) electrons. The van der Waals surface area contributed by atoms with Gasteiger partial charge in [-0.1, -0.05) is 6.07 Å². The van der Waals surface area contributed by atoms with Crippen LogP contribution in [0, 0.1) is 5.82 Å². The standard InChI is InChI=1S/C27H30F2N6O2/c1-26-8-9-27(2,34-26)23(29)20(12-26)35(17-5-6-17)22-14-30-24(33-32-22)18-7-4-15(11-21(18)36)16-10-19(28)25(37-3)31-13-16/h4,7,10-11,13-14,17,20,23,34,36H,5-6,8-9,12H2,1-3H3/t20-,23-,26-,27+/m1/s1. The Bertz CT molecular complexity index is 1340. The molecule has 1 saturated carbocycles. The maximum absolute atomic E-state index is 15.8. The Hall–Kier alpha value is -3.40. The lowest BCUT2D eigenvalue weighted by molar-refractivity contribution is 0.0831. The molecule has 0 amide bonds. The van der Waals surface area contributed by atoms with Crippen LogP contribution in [0.1, 0.15) is 46.0 Å². The zero-order valence-corrected chi connectivity index (χ0v) is 21.1. The summed E-state index contributed by atoms with van der Waals surface area (Å²) in [4.78, 5) is 10.5. The van der Waals surface area contributed by atoms with Gasteiger partial charge in [-0.05, 0) is 69.7 Å². The highest BCUT2D eigenvalue weighted by molar-refractivity contribution is 5.72. The molecule has 6 rings (SSSR count). The Balaban J connectivity index is 1.27. The summed E-state index contributed by atoms with van der Waals surface area (Å²) >= 11 is 0. The zero-order valence-electron chi connectivity index (χ0n) is 21.1. The highest BCUT2D eigenvalue weighted by atomic mass is 19.1. The van der Waals surface area contributed by atoms with Crippen LogP contribution in [0.3, 0.4) is 0 Å². The minimum atomic E-state index is -1.03. The van der Waals surface area contributed by atoms with Gasteiger partial charge in [-0.3, -0.25) is 0 Å². The smallest absolute Gasteiger partial charge is 0.250 e. The number of nitrogens with zero attached hydrogens (tertiary/aromatic N) is 5. The van der Waals surface area contributed by atoms with Crippen LogP contribution < -0.4 is 15.0 Å². The van der Waals surface area contributed by atoms with Crippen molar-refractivity contribution in [3.05, 3.63) is 42.5 Å². The number of fused-ring (bicyclic) bond motifs is 2. The maximum Gasteiger partial charge on any atom is 0.250 e. The zero-order chi connectivity index (χ0) is 25.9. The van der Waals surface area contributed by atoms with Crippen molar-refractivity contribution < 1.29 is 18.6 Å². The van der Waals surface area contributed by atoms with Crippen LogP contribution in [0.2, 0.25) is 0 Å². The Labute approximate surface area is 214 Å². The molecule has 194 valence electrons. The first-order valence-corrected chi connectivity index (χ1v) is 12.6. The van der Waals surface area contributed by atoms with E-state index in [1.54, 1.807) is 18.3 Å². The average molecular weight is 509 g/mol. The van der Waals surface area contributed by atoms with Crippen LogP contribution in [0.5, 0.6) is 11.6 Å². The summed E-state index contributed by atoms with van der Waals surface area (Å²) in [7, 11) is 1.35. The molecule has 3 aliphatic rings. The second kappa shape index (κ2) is 8.58. The number of anilines is 1. The number of aromatic hydroxyl groups is 1. The van der Waals surface area contributed by atoms with Crippen molar-refractivity contribution in [2.75, 3.05) is 12.0 Å². The molecule has 2 aliphatic heterocycles. The number of halogens is 2. The van der Waals surface area contributed by atoms with E-state index in [4.69, 9.17) is 4.74 Å². The summed E-state index contributed by atoms with van der Waals surface area (Å²) in [5.74, 6) is 0.0601. The summed E-state index contributed by atoms with van der Waals surface area (Å²) in [6.07, 6.45) is 6.53. The molecule has 3 aromatic rings. The van der Waals surface area contributed by atoms with Gasteiger partial charge in [0.2, 0.25) is 5.88 Å². The highest BCUT2D eigenvalue weighted by Crippen LogP contribution is 2.47. The van der Waals surface area contributed by atoms with E-state index in [1.165, 1.54) is 25.4 Å². The summed E-state index contributed by atoms with van der Waals surface area (Å²) in [5.41, 5.74) is 0.837. The molecule has 8 nitrogen and oxygen atoms in total. The Morgan fingerprint density at radius 3 is 2.54 bits per heavy atom. The minimum absolute atomic E-state index is 0.0677. The number of benzene rings is 1. The second-order valence-electron chi connectivity index (χ2n) is 11.0. The number of aromatic nitrogens is 4. The van der Waals surface area contributed by atoms with Crippen LogP contribution in [0.25, 0.3) is 22.5 Å². The second-order valence-corrected chi connectivity index (χ2v) is 11.0. The lowest BCUT2D eigenvalue weighted by Crippen LogP contribution is -2.66. The molecule has 4 atom stereocenters. The number of ether oxygens (including phenoxy) is 1. The van der Waals surface area contributed by atoms with Crippen LogP contribution in [0.15, 0.2) is 36.7 Å². The highest BCUT2D eigenvalue weighted by Gasteiger charge is 2.58. The molecule has 0 unspecified atom stereocenters. The number of rotatable bonds is 6. The van der Waals surface area contributed by atoms with Crippen molar-refractivity contribution in [2.45, 2.75) is 75.3 Å². The molecule has 2 aromatic heterocycles. The lowest BCUT2D eigenvalue weighted by atomic mass is 9.82. The molecule has 4 heterocycles. The van der Waals surface area contributed by atoms with Crippen LogP contribution in [0.4, 0.5) is 14.6 Å². The number of piperidine rings is 1. The predicted octanol–water partition coefficient (Wildman–Crippen LogP) is 4.43. The van der Waals surface area contributed by atoms with Crippen molar-refractivity contribution in [1.82, 2.24) is 25.5 Å². The lowest BCUT2D eigenvalue weighted by Gasteiger charge is -2.48. The normalized spacial score (nSPS) is 28.8. The van der Waals surface area contributed by atoms with Gasteiger partial charge in [0.25, 0.3) is 0 Å². The van der Waals surface area contributed by atoms with Gasteiger partial charge in [0.05, 0.1) is 24.9 Å². The molecule has 10 heteroatoms. The first kappa shape index (κ1) is 24.0. The molecule has 37 heavy (non-hydrogen) atoms. The van der Waals surface area contributed by atoms with E-state index in [0.29, 0.717) is 28.9 Å². The summed E-state index contributed by atoms with van der Waals surface area (Å²) in [6, 6.07) is 6.13. The van der Waals surface area contributed by atoms with E-state index in [1.807, 2.05) is 6.92 Å². The Kier molecular flexibility index (Phi) is 5.56. The monoisotopic (exact) mass is 508 g/mol. The molecular weight excluding hydrogens is 478 g/mol. The molecule has 2 bridgehead atoms. The van der Waals surface area contributed by atoms with Gasteiger partial charge in [0.15, 0.2) is 17.5 Å². The minimum Gasteiger partial charge on any atom is -0.507 e. The van der Waals surface area contributed by atoms with Crippen LogP contribution in [-0.4, -0.2) is 61.7 Å². The third-order valence-electron chi connectivity index (χ3n) is 8.07. The van der Waals surface area contributed by atoms with Crippen molar-refractivity contribution >= 4 is 5.82 Å². The Morgan fingerprint density at radius 2 is 1.89 bits per heavy atom. The molecule has 2 saturated heterocycles. The van der Waals surface area contributed by atoms with E-state index < -0.39 is 17.5 Å². The van der Waals surface area contributed by atoms with Crippen LogP contribution >= 0.6 is 0 Å². The van der Waals surface area contributed by atoms with Gasteiger partial charge >= 0.3 is 0 Å². The summed E-state index contributed by atoms with van der Waals surface area (Å²) < 4.78 is 34.8. The van der Waals surface area contributed by atoms with Gasteiger partial charge in [0, 0.05) is 28.9 Å². The number of pyridine rings is 1. The number of phenols is 1. The van der Waals surface area contributed by atoms with Crippen molar-refractivity contribution in [3.8, 4) is 34.1 Å². The maximum atomic E-state index is 15.8. The third kappa shape index (κ3) is 4.17. The summed E-state index contributed by atoms with van der Waals surface area (Å²) in [6.45, 7) is 4.16. The molecule has 2 N–H and O–H groups in total. The van der Waals surface area contributed by atoms with E-state index in [2.05, 4.69) is 37.3 Å². The van der Waals surface area contributed by atoms with Gasteiger partial charge < -0.3 is 20.1 Å². The quantitative estimate of drug-likeness (QED) is 0.505. The fourth-order valence-corrected chi connectivity index (χ4v) is 6.06. The first-order valence-electron chi connectivity index (χ1n) is 12.6. The number of methoxy groups -OCH3 is 1. The number of hydrogen-bond donors (Lipinski definition) is 2. The van der Waals surface area contributed by atoms with E-state index >= 15 is 4.39 Å². The first-order chi connectivity index (χ1) is 17.7. The van der Waals surface area contributed by atoms with E-state index in [0.717, 1.165) is 25.7 Å². The van der Waals surface area contributed by atoms with E-state index in [9.17, 15) is 9.50 Å². The molecule has 0 spiro atoms. The third-order valence-corrected chi connectivity index (χ3v) is 8.07. The fraction of sp³-hybridized carbons (Fsp3) is 0.481. The van der Waals surface area contributed by atoms with Gasteiger partial charge in [0.1, 0.15) is 11.9 Å². The topological polar surface area (TPSA) is 96.3 Å². The van der Waals surface area contributed by atoms with Crippen molar-refractivity contribution in [2.24, 2.45) is 0 Å². The molecule has 1 aliphatic carbocycles. The molecular formula is C27H30F2N6O2. The molecule has 1 aromatic carbocycles. The van der Waals surface area contributed by atoms with Gasteiger partial charge in [-0.2, -0.15) is 0 Å². The average Bonchev–Trinajstić information content (AvgIpc) is 3.67. The molecule has 3 fully saturated rings. The van der Waals surface area contributed by atoms with Gasteiger partial charge in [-0.25, -0.2) is 18.7 Å². The van der Waals surface area contributed by atoms with Gasteiger partial charge in [-0.15, -0.1) is 10.2 Å². The van der Waals surface area contributed by atoms with Crippen molar-refractivity contribution in [3.63, 3.8) is 0 Å².